The predicted octanol–water partition coefficient (Wildman–Crippen LogP) is 4.12. The fraction of sp³-hybridized carbons (Fsp3) is 0.381. The van der Waals surface area contributed by atoms with E-state index in [-0.39, 0.29) is 0 Å². The van der Waals surface area contributed by atoms with Crippen molar-refractivity contribution in [3.8, 4) is 5.75 Å². The van der Waals surface area contributed by atoms with Crippen LogP contribution in [0.25, 0.3) is 0 Å². The van der Waals surface area contributed by atoms with E-state index in [1.807, 2.05) is 49.4 Å². The normalized spacial score (nSPS) is 11.9. The Balaban J connectivity index is 1.71. The number of benzene rings is 2. The first-order chi connectivity index (χ1) is 12.2. The Kier molecular flexibility index (Phi) is 7.99. The highest BCUT2D eigenvalue weighted by Gasteiger charge is 2.16. The van der Waals surface area contributed by atoms with Gasteiger partial charge in [-0.1, -0.05) is 42.5 Å². The molecular formula is C21H26O4. The Hall–Kier alpha value is -2.33. The number of aryl methyl sites for hydroxylation is 1. The second-order valence-corrected chi connectivity index (χ2v) is 5.90. The van der Waals surface area contributed by atoms with Crippen LogP contribution in [0.1, 0.15) is 30.9 Å². The average molecular weight is 342 g/mol. The van der Waals surface area contributed by atoms with E-state index in [4.69, 9.17) is 14.6 Å². The second-order valence-electron chi connectivity index (χ2n) is 5.90. The molecular weight excluding hydrogens is 316 g/mol. The van der Waals surface area contributed by atoms with Crippen molar-refractivity contribution in [2.45, 2.75) is 38.7 Å². The molecule has 2 aromatic carbocycles. The smallest absolute Gasteiger partial charge is 0.332 e. The summed E-state index contributed by atoms with van der Waals surface area (Å²) < 4.78 is 11.0. The van der Waals surface area contributed by atoms with Crippen molar-refractivity contribution >= 4 is 5.97 Å². The van der Waals surface area contributed by atoms with Gasteiger partial charge in [0.2, 0.25) is 0 Å². The van der Waals surface area contributed by atoms with Crippen LogP contribution in [0.5, 0.6) is 5.75 Å². The van der Waals surface area contributed by atoms with Crippen LogP contribution in [-0.2, 0) is 22.4 Å². The second kappa shape index (κ2) is 10.5. The van der Waals surface area contributed by atoms with E-state index in [1.165, 1.54) is 11.1 Å². The molecule has 1 atom stereocenters. The molecule has 0 amide bonds. The molecule has 0 saturated carbocycles. The summed E-state index contributed by atoms with van der Waals surface area (Å²) in [5, 5.41) is 9.06. The van der Waals surface area contributed by atoms with E-state index in [0.717, 1.165) is 25.0 Å². The zero-order chi connectivity index (χ0) is 17.9. The highest BCUT2D eigenvalue weighted by atomic mass is 16.5. The molecule has 2 aromatic rings. The zero-order valence-corrected chi connectivity index (χ0v) is 14.7. The van der Waals surface area contributed by atoms with Gasteiger partial charge in [-0.15, -0.1) is 0 Å². The first kappa shape index (κ1) is 19.0. The quantitative estimate of drug-likeness (QED) is 0.667. The number of carboxylic acids is 1. The van der Waals surface area contributed by atoms with E-state index in [9.17, 15) is 4.79 Å². The van der Waals surface area contributed by atoms with E-state index >= 15 is 0 Å². The molecule has 0 unspecified atom stereocenters. The van der Waals surface area contributed by atoms with Crippen LogP contribution < -0.4 is 4.74 Å². The summed E-state index contributed by atoms with van der Waals surface area (Å²) in [7, 11) is 0. The lowest BCUT2D eigenvalue weighted by Gasteiger charge is -2.12. The van der Waals surface area contributed by atoms with Crippen molar-refractivity contribution in [1.29, 1.82) is 0 Å². The summed E-state index contributed by atoms with van der Waals surface area (Å²) >= 11 is 0. The molecule has 0 aliphatic heterocycles. The Bertz CT molecular complexity index is 622. The Morgan fingerprint density at radius 3 is 2.32 bits per heavy atom. The van der Waals surface area contributed by atoms with Gasteiger partial charge in [-0.2, -0.15) is 0 Å². The van der Waals surface area contributed by atoms with Gasteiger partial charge in [0.15, 0.2) is 6.10 Å². The molecule has 4 heteroatoms. The van der Waals surface area contributed by atoms with Gasteiger partial charge in [0.25, 0.3) is 0 Å². The lowest BCUT2D eigenvalue weighted by molar-refractivity contribution is -0.150. The lowest BCUT2D eigenvalue weighted by Crippen LogP contribution is -2.23. The molecule has 4 nitrogen and oxygen atoms in total. The summed E-state index contributed by atoms with van der Waals surface area (Å²) in [6.45, 7) is 2.89. The minimum atomic E-state index is -0.885. The third-order valence-electron chi connectivity index (χ3n) is 4.00. The highest BCUT2D eigenvalue weighted by molar-refractivity contribution is 5.72. The molecule has 25 heavy (non-hydrogen) atoms. The van der Waals surface area contributed by atoms with Crippen LogP contribution in [0.15, 0.2) is 54.6 Å². The Labute approximate surface area is 149 Å². The molecule has 0 aliphatic carbocycles. The van der Waals surface area contributed by atoms with E-state index in [2.05, 4.69) is 12.1 Å². The van der Waals surface area contributed by atoms with Crippen molar-refractivity contribution < 1.29 is 19.4 Å². The van der Waals surface area contributed by atoms with Crippen LogP contribution in [0.2, 0.25) is 0 Å². The van der Waals surface area contributed by atoms with Gasteiger partial charge in [0.1, 0.15) is 5.75 Å². The van der Waals surface area contributed by atoms with Gasteiger partial charge in [0, 0.05) is 13.0 Å². The third kappa shape index (κ3) is 6.98. The standard InChI is InChI=1S/C21H26O4/c1-2-24-20(21(22)23)10-6-9-18-11-13-19(14-12-18)25-16-15-17-7-4-3-5-8-17/h3-5,7-8,11-14,20H,2,6,9-10,15-16H2,1H3,(H,22,23)/t20-/m0/s1. The maximum atomic E-state index is 11.0. The van der Waals surface area contributed by atoms with Crippen LogP contribution in [0.4, 0.5) is 0 Å². The molecule has 0 fully saturated rings. The van der Waals surface area contributed by atoms with Gasteiger partial charge in [0.05, 0.1) is 6.61 Å². The van der Waals surface area contributed by atoms with Crippen molar-refractivity contribution in [2.75, 3.05) is 13.2 Å². The van der Waals surface area contributed by atoms with Gasteiger partial charge in [-0.05, 0) is 49.4 Å². The van der Waals surface area contributed by atoms with Gasteiger partial charge in [-0.3, -0.25) is 0 Å². The molecule has 0 aromatic heterocycles. The first-order valence-corrected chi connectivity index (χ1v) is 8.79. The summed E-state index contributed by atoms with van der Waals surface area (Å²) in [5.41, 5.74) is 2.44. The van der Waals surface area contributed by atoms with E-state index < -0.39 is 12.1 Å². The molecule has 1 N–H and O–H groups in total. The van der Waals surface area contributed by atoms with Crippen molar-refractivity contribution in [1.82, 2.24) is 0 Å². The van der Waals surface area contributed by atoms with Crippen molar-refractivity contribution in [2.24, 2.45) is 0 Å². The van der Waals surface area contributed by atoms with Gasteiger partial charge < -0.3 is 14.6 Å². The third-order valence-corrected chi connectivity index (χ3v) is 4.00. The van der Waals surface area contributed by atoms with E-state index in [1.54, 1.807) is 0 Å². The summed E-state index contributed by atoms with van der Waals surface area (Å²) in [5.74, 6) is -0.0265. The van der Waals surface area contributed by atoms with Crippen molar-refractivity contribution in [3.05, 3.63) is 65.7 Å². The maximum Gasteiger partial charge on any atom is 0.332 e. The highest BCUT2D eigenvalue weighted by Crippen LogP contribution is 2.15. The minimum absolute atomic E-state index is 0.423. The van der Waals surface area contributed by atoms with E-state index in [0.29, 0.717) is 19.6 Å². The Morgan fingerprint density at radius 1 is 1.00 bits per heavy atom. The van der Waals surface area contributed by atoms with Gasteiger partial charge >= 0.3 is 5.97 Å². The summed E-state index contributed by atoms with van der Waals surface area (Å²) in [4.78, 5) is 11.0. The molecule has 134 valence electrons. The van der Waals surface area contributed by atoms with Crippen LogP contribution in [-0.4, -0.2) is 30.4 Å². The minimum Gasteiger partial charge on any atom is -0.493 e. The number of ether oxygens (including phenoxy) is 2. The summed E-state index contributed by atoms with van der Waals surface area (Å²) in [6, 6.07) is 18.3. The molecule has 0 heterocycles. The van der Waals surface area contributed by atoms with Crippen LogP contribution >= 0.6 is 0 Å². The van der Waals surface area contributed by atoms with Crippen molar-refractivity contribution in [3.63, 3.8) is 0 Å². The fourth-order valence-corrected chi connectivity index (χ4v) is 2.65. The SMILES string of the molecule is CCO[C@@H](CCCc1ccc(OCCc2ccccc2)cc1)C(=O)O. The molecule has 2 rings (SSSR count). The maximum absolute atomic E-state index is 11.0. The number of hydrogen-bond acceptors (Lipinski definition) is 3. The zero-order valence-electron chi connectivity index (χ0n) is 14.7. The largest absolute Gasteiger partial charge is 0.493 e. The number of rotatable bonds is 11. The number of carboxylic acid groups (broad SMARTS) is 1. The lowest BCUT2D eigenvalue weighted by atomic mass is 10.1. The molecule has 0 radical (unpaired) electrons. The topological polar surface area (TPSA) is 55.8 Å². The first-order valence-electron chi connectivity index (χ1n) is 8.79. The van der Waals surface area contributed by atoms with Crippen LogP contribution in [0, 0.1) is 0 Å². The number of hydrogen-bond donors (Lipinski definition) is 1. The Morgan fingerprint density at radius 2 is 1.68 bits per heavy atom. The molecule has 0 saturated heterocycles. The molecule has 0 bridgehead atoms. The monoisotopic (exact) mass is 342 g/mol. The average Bonchev–Trinajstić information content (AvgIpc) is 2.63. The number of aliphatic carboxylic acids is 1. The predicted molar refractivity (Wildman–Crippen MR) is 98.1 cm³/mol. The molecule has 0 aliphatic rings. The number of carbonyl (C=O) groups is 1. The van der Waals surface area contributed by atoms with Crippen LogP contribution in [0.3, 0.4) is 0 Å². The van der Waals surface area contributed by atoms with Gasteiger partial charge in [-0.25, -0.2) is 4.79 Å². The molecule has 0 spiro atoms. The summed E-state index contributed by atoms with van der Waals surface area (Å²) in [6.07, 6.45) is 2.33. The fourth-order valence-electron chi connectivity index (χ4n) is 2.65.